The number of nitrogens with one attached hydrogen (secondary N) is 2. The van der Waals surface area contributed by atoms with Crippen molar-refractivity contribution in [2.75, 3.05) is 18.6 Å². The number of hydrogen-bond donors (Lipinski definition) is 4. The van der Waals surface area contributed by atoms with Gasteiger partial charge in [0.05, 0.1) is 5.69 Å². The van der Waals surface area contributed by atoms with Crippen molar-refractivity contribution in [1.29, 1.82) is 0 Å². The van der Waals surface area contributed by atoms with E-state index in [9.17, 15) is 5.11 Å². The fraction of sp³-hybridized carbons (Fsp3) is 0.412. The Morgan fingerprint density at radius 2 is 2.04 bits per heavy atom. The smallest absolute Gasteiger partial charge is 0.162 e. The topological polar surface area (TPSA) is 105 Å². The summed E-state index contributed by atoms with van der Waals surface area (Å²) < 4.78 is 74.0. The zero-order valence-corrected chi connectivity index (χ0v) is 12.8. The van der Waals surface area contributed by atoms with Gasteiger partial charge in [-0.3, -0.25) is 0 Å². The maximum absolute atomic E-state index is 10.3. The summed E-state index contributed by atoms with van der Waals surface area (Å²) in [4.78, 5) is 0. The van der Waals surface area contributed by atoms with E-state index >= 15 is 0 Å². The number of nitrogens with zero attached hydrogens (tertiary/aromatic N) is 2. The number of rotatable bonds is 7. The average molecular weight is 340 g/mol. The number of anilines is 1. The summed E-state index contributed by atoms with van der Waals surface area (Å²) in [5.41, 5.74) is 0.102. The average Bonchev–Trinajstić information content (AvgIpc) is 2.70. The van der Waals surface area contributed by atoms with Gasteiger partial charge in [0.15, 0.2) is 5.82 Å². The van der Waals surface area contributed by atoms with Crippen LogP contribution >= 0.6 is 0 Å². The van der Waals surface area contributed by atoms with Crippen LogP contribution in [0.3, 0.4) is 0 Å². The van der Waals surface area contributed by atoms with Crippen LogP contribution in [0.2, 0.25) is 0 Å². The minimum absolute atomic E-state index is 0.313. The third-order valence-electron chi connectivity index (χ3n) is 3.01. The van der Waals surface area contributed by atoms with E-state index in [1.807, 2.05) is 0 Å². The maximum Gasteiger partial charge on any atom is 0.162 e. The zero-order valence-electron chi connectivity index (χ0n) is 21.8. The van der Waals surface area contributed by atoms with Gasteiger partial charge in [0, 0.05) is 30.0 Å². The molecular weight excluding hydrogens is 306 g/mol. The standard InChI is InChI=1S/C17H25N5O2/c1-17(2,3)19-10-12(23)11-24-15-7-5-4-6-13(15)14-8-9-16(20-18)22-21-14/h4-9,12,19,23H,10-11,18H2,1-3H3,(H,20,22)/i1D3,2D3,3D3. The molecule has 0 aliphatic carbocycles. The van der Waals surface area contributed by atoms with E-state index in [-0.39, 0.29) is 6.61 Å². The van der Waals surface area contributed by atoms with Gasteiger partial charge in [-0.15, -0.1) is 10.2 Å². The molecule has 0 saturated heterocycles. The summed E-state index contributed by atoms with van der Waals surface area (Å²) in [6.45, 7) is -11.3. The predicted molar refractivity (Wildman–Crippen MR) is 94.5 cm³/mol. The molecule has 1 heterocycles. The van der Waals surface area contributed by atoms with Gasteiger partial charge in [-0.25, -0.2) is 5.84 Å². The third-order valence-corrected chi connectivity index (χ3v) is 3.01. The number of ether oxygens (including phenoxy) is 1. The molecule has 2 rings (SSSR count). The number of benzene rings is 1. The van der Waals surface area contributed by atoms with Crippen LogP contribution < -0.4 is 21.3 Å². The highest BCUT2D eigenvalue weighted by atomic mass is 16.5. The molecule has 0 radical (unpaired) electrons. The van der Waals surface area contributed by atoms with E-state index in [0.29, 0.717) is 22.8 Å². The van der Waals surface area contributed by atoms with Gasteiger partial charge in [0.2, 0.25) is 0 Å². The molecule has 0 fully saturated rings. The Hall–Kier alpha value is -2.22. The van der Waals surface area contributed by atoms with Gasteiger partial charge in [0.25, 0.3) is 0 Å². The summed E-state index contributed by atoms with van der Waals surface area (Å²) in [7, 11) is 0. The Morgan fingerprint density at radius 3 is 2.71 bits per heavy atom. The van der Waals surface area contributed by atoms with Crippen molar-refractivity contribution >= 4 is 5.82 Å². The van der Waals surface area contributed by atoms with E-state index in [0.717, 1.165) is 0 Å². The minimum Gasteiger partial charge on any atom is -0.490 e. The van der Waals surface area contributed by atoms with Crippen LogP contribution in [0.1, 0.15) is 32.9 Å². The van der Waals surface area contributed by atoms with E-state index in [1.165, 1.54) is 0 Å². The Kier molecular flexibility index (Phi) is 3.12. The SMILES string of the molecule is [2H]C([2H])([2H])C(NCC(O)COc1ccccc1-c1ccc(NN)nn1)(C([2H])([2H])[2H])C([2H])([2H])[2H]. The summed E-state index contributed by atoms with van der Waals surface area (Å²) >= 11 is 0. The number of hydrazine groups is 1. The van der Waals surface area contributed by atoms with Crippen molar-refractivity contribution in [2.24, 2.45) is 5.84 Å². The van der Waals surface area contributed by atoms with E-state index in [4.69, 9.17) is 22.9 Å². The lowest BCUT2D eigenvalue weighted by molar-refractivity contribution is 0.100. The van der Waals surface area contributed by atoms with Crippen LogP contribution in [0.4, 0.5) is 5.82 Å². The summed E-state index contributed by atoms with van der Waals surface area (Å²) in [6, 6.07) is 9.94. The number of nitrogens with two attached hydrogens (primary N) is 1. The van der Waals surface area contributed by atoms with Gasteiger partial charge in [-0.05, 0) is 44.8 Å². The minimum atomic E-state index is -3.42. The number of hydrogen-bond acceptors (Lipinski definition) is 7. The molecular formula is C17H25N5O2. The fourth-order valence-corrected chi connectivity index (χ4v) is 1.87. The largest absolute Gasteiger partial charge is 0.490 e. The van der Waals surface area contributed by atoms with Crippen LogP contribution in [-0.2, 0) is 0 Å². The van der Waals surface area contributed by atoms with Crippen LogP contribution in [0.25, 0.3) is 11.3 Å². The normalized spacial score (nSPS) is 19.8. The molecule has 130 valence electrons. The molecule has 24 heavy (non-hydrogen) atoms. The van der Waals surface area contributed by atoms with Crippen LogP contribution in [0.5, 0.6) is 5.75 Å². The monoisotopic (exact) mass is 340 g/mol. The quantitative estimate of drug-likeness (QED) is 0.448. The second kappa shape index (κ2) is 8.05. The van der Waals surface area contributed by atoms with Gasteiger partial charge >= 0.3 is 0 Å². The molecule has 1 unspecified atom stereocenters. The first-order valence-corrected chi connectivity index (χ1v) is 7.09. The highest BCUT2D eigenvalue weighted by molar-refractivity contribution is 5.67. The number of para-hydroxylation sites is 1. The Morgan fingerprint density at radius 1 is 1.25 bits per heavy atom. The van der Waals surface area contributed by atoms with E-state index in [1.54, 1.807) is 36.4 Å². The lowest BCUT2D eigenvalue weighted by Crippen LogP contribution is -2.42. The highest BCUT2D eigenvalue weighted by Crippen LogP contribution is 2.28. The summed E-state index contributed by atoms with van der Waals surface area (Å²) in [5.74, 6) is 5.93. The second-order valence-corrected chi connectivity index (χ2v) is 5.04. The highest BCUT2D eigenvalue weighted by Gasteiger charge is 2.14. The van der Waals surface area contributed by atoms with Gasteiger partial charge in [-0.2, -0.15) is 0 Å². The van der Waals surface area contributed by atoms with E-state index in [2.05, 4.69) is 20.9 Å². The molecule has 7 nitrogen and oxygen atoms in total. The number of β-amino-alcohol motifs (C(OH)–C–C–N with tert-alkyl or cyclic N) is 1. The molecule has 5 N–H and O–H groups in total. The van der Waals surface area contributed by atoms with Gasteiger partial charge in [0.1, 0.15) is 18.5 Å². The molecule has 0 saturated carbocycles. The number of nitrogen functional groups attached to an aromatic ring is 1. The van der Waals surface area contributed by atoms with Gasteiger partial charge in [-0.1, -0.05) is 12.1 Å². The van der Waals surface area contributed by atoms with Crippen molar-refractivity contribution < 1.29 is 22.2 Å². The molecule has 0 bridgehead atoms. The first-order valence-electron chi connectivity index (χ1n) is 11.6. The Labute approximate surface area is 154 Å². The van der Waals surface area contributed by atoms with Crippen molar-refractivity contribution in [1.82, 2.24) is 15.5 Å². The number of aromatic nitrogens is 2. The van der Waals surface area contributed by atoms with E-state index < -0.39 is 38.7 Å². The summed E-state index contributed by atoms with van der Waals surface area (Å²) in [5, 5.41) is 20.3. The van der Waals surface area contributed by atoms with Crippen LogP contribution in [-0.4, -0.2) is 40.1 Å². The van der Waals surface area contributed by atoms with Gasteiger partial charge < -0.3 is 20.6 Å². The molecule has 0 spiro atoms. The van der Waals surface area contributed by atoms with Crippen molar-refractivity contribution in [2.45, 2.75) is 32.2 Å². The predicted octanol–water partition coefficient (Wildman–Crippen LogP) is 1.56. The molecule has 1 aromatic heterocycles. The molecule has 1 atom stereocenters. The van der Waals surface area contributed by atoms with Crippen LogP contribution in [0.15, 0.2) is 36.4 Å². The number of aliphatic hydroxyl groups excluding tert-OH is 1. The lowest BCUT2D eigenvalue weighted by atomic mass is 10.1. The first-order chi connectivity index (χ1) is 15.1. The van der Waals surface area contributed by atoms with Crippen molar-refractivity contribution in [3.05, 3.63) is 36.4 Å². The molecule has 2 aromatic rings. The molecule has 1 aromatic carbocycles. The number of aliphatic hydroxyl groups is 1. The first kappa shape index (κ1) is 9.31. The molecule has 0 amide bonds. The summed E-state index contributed by atoms with van der Waals surface area (Å²) in [6.07, 6.45) is -1.43. The van der Waals surface area contributed by atoms with Crippen molar-refractivity contribution in [3.63, 3.8) is 0 Å². The fourth-order valence-electron chi connectivity index (χ4n) is 1.87. The maximum atomic E-state index is 10.3. The van der Waals surface area contributed by atoms with Crippen molar-refractivity contribution in [3.8, 4) is 17.0 Å². The molecule has 0 aliphatic heterocycles. The third kappa shape index (κ3) is 5.45. The Bertz CT molecular complexity index is 881. The Balaban J connectivity index is 2.16. The molecule has 7 heteroatoms. The lowest BCUT2D eigenvalue weighted by Gasteiger charge is -2.23. The second-order valence-electron chi connectivity index (χ2n) is 5.04. The zero-order chi connectivity index (χ0) is 25.1. The van der Waals surface area contributed by atoms with Crippen LogP contribution in [0, 0.1) is 0 Å². The molecule has 0 aliphatic rings.